The van der Waals surface area contributed by atoms with Gasteiger partial charge in [0.2, 0.25) is 0 Å². The van der Waals surface area contributed by atoms with E-state index in [2.05, 4.69) is 44.8 Å². The minimum absolute atomic E-state index is 0.316. The van der Waals surface area contributed by atoms with Crippen LogP contribution in [0.25, 0.3) is 0 Å². The van der Waals surface area contributed by atoms with Gasteiger partial charge in [-0.05, 0) is 37.8 Å². The van der Waals surface area contributed by atoms with Gasteiger partial charge < -0.3 is 15.3 Å². The lowest BCUT2D eigenvalue weighted by Gasteiger charge is -2.34. The van der Waals surface area contributed by atoms with Crippen molar-refractivity contribution in [2.24, 2.45) is 5.92 Å². The summed E-state index contributed by atoms with van der Waals surface area (Å²) < 4.78 is 0. The number of hydrogen-bond acceptors (Lipinski definition) is 5. The van der Waals surface area contributed by atoms with Gasteiger partial charge in [-0.1, -0.05) is 12.1 Å². The van der Waals surface area contributed by atoms with E-state index in [4.69, 9.17) is 0 Å². The van der Waals surface area contributed by atoms with E-state index < -0.39 is 0 Å². The smallest absolute Gasteiger partial charge is 0.0898 e. The van der Waals surface area contributed by atoms with E-state index in [9.17, 15) is 5.11 Å². The topological polar surface area (TPSA) is 48.4 Å². The number of nitrogens with one attached hydrogen (secondary N) is 1. The third-order valence-electron chi connectivity index (χ3n) is 4.24. The van der Waals surface area contributed by atoms with Crippen molar-refractivity contribution in [2.75, 3.05) is 29.9 Å². The second-order valence-electron chi connectivity index (χ2n) is 5.84. The Kier molecular flexibility index (Phi) is 4.95. The molecule has 1 fully saturated rings. The molecule has 1 aromatic carbocycles. The van der Waals surface area contributed by atoms with E-state index in [1.54, 1.807) is 11.3 Å². The highest BCUT2D eigenvalue weighted by atomic mass is 32.1. The monoisotopic (exact) mass is 317 g/mol. The molecule has 0 atom stereocenters. The molecule has 3 rings (SSSR count). The SMILES string of the molecule is Cc1nc(CNc2ccccc2N2CCC(CO)CC2)cs1. The number of anilines is 2. The van der Waals surface area contributed by atoms with Crippen molar-refractivity contribution in [2.45, 2.75) is 26.3 Å². The molecule has 0 spiro atoms. The van der Waals surface area contributed by atoms with E-state index in [-0.39, 0.29) is 0 Å². The molecule has 0 bridgehead atoms. The third kappa shape index (κ3) is 3.59. The van der Waals surface area contributed by atoms with Gasteiger partial charge in [0.25, 0.3) is 0 Å². The van der Waals surface area contributed by atoms with Gasteiger partial charge in [-0.3, -0.25) is 0 Å². The minimum Gasteiger partial charge on any atom is -0.396 e. The van der Waals surface area contributed by atoms with Crippen LogP contribution in [0, 0.1) is 12.8 Å². The fourth-order valence-electron chi connectivity index (χ4n) is 2.93. The second-order valence-corrected chi connectivity index (χ2v) is 6.90. The molecule has 2 heterocycles. The van der Waals surface area contributed by atoms with Crippen LogP contribution >= 0.6 is 11.3 Å². The maximum absolute atomic E-state index is 9.28. The molecule has 2 N–H and O–H groups in total. The van der Waals surface area contributed by atoms with E-state index in [1.807, 2.05) is 6.92 Å². The van der Waals surface area contributed by atoms with Crippen LogP contribution in [0.3, 0.4) is 0 Å². The van der Waals surface area contributed by atoms with Crippen molar-refractivity contribution < 1.29 is 5.11 Å². The number of para-hydroxylation sites is 2. The summed E-state index contributed by atoms with van der Waals surface area (Å²) in [6, 6.07) is 8.46. The van der Waals surface area contributed by atoms with Crippen LogP contribution in [0.1, 0.15) is 23.5 Å². The van der Waals surface area contributed by atoms with Gasteiger partial charge in [-0.15, -0.1) is 11.3 Å². The molecule has 0 radical (unpaired) electrons. The molecule has 0 amide bonds. The first-order chi connectivity index (χ1) is 10.8. The second kappa shape index (κ2) is 7.11. The van der Waals surface area contributed by atoms with E-state index >= 15 is 0 Å². The van der Waals surface area contributed by atoms with Crippen molar-refractivity contribution in [3.8, 4) is 0 Å². The van der Waals surface area contributed by atoms with Crippen molar-refractivity contribution in [3.63, 3.8) is 0 Å². The first kappa shape index (κ1) is 15.3. The summed E-state index contributed by atoms with van der Waals surface area (Å²) in [5, 5.41) is 16.0. The quantitative estimate of drug-likeness (QED) is 0.888. The van der Waals surface area contributed by atoms with E-state index in [0.29, 0.717) is 12.5 Å². The Labute approximate surface area is 135 Å². The molecule has 118 valence electrons. The summed E-state index contributed by atoms with van der Waals surface area (Å²) in [6.07, 6.45) is 2.13. The summed E-state index contributed by atoms with van der Waals surface area (Å²) >= 11 is 1.69. The molecule has 1 aliphatic heterocycles. The molecule has 0 saturated carbocycles. The van der Waals surface area contributed by atoms with Gasteiger partial charge >= 0.3 is 0 Å². The average Bonchev–Trinajstić information content (AvgIpc) is 2.99. The number of aryl methyl sites for hydroxylation is 1. The molecular weight excluding hydrogens is 294 g/mol. The molecule has 22 heavy (non-hydrogen) atoms. The van der Waals surface area contributed by atoms with E-state index in [0.717, 1.165) is 48.9 Å². The summed E-state index contributed by atoms with van der Waals surface area (Å²) in [5.41, 5.74) is 3.51. The Bertz CT molecular complexity index is 605. The fraction of sp³-hybridized carbons (Fsp3) is 0.471. The maximum atomic E-state index is 9.28. The zero-order valence-corrected chi connectivity index (χ0v) is 13.8. The summed E-state index contributed by atoms with van der Waals surface area (Å²) in [4.78, 5) is 6.92. The lowest BCUT2D eigenvalue weighted by atomic mass is 9.97. The number of rotatable bonds is 5. The summed E-state index contributed by atoms with van der Waals surface area (Å²) in [6.45, 7) is 5.14. The Morgan fingerprint density at radius 2 is 2.09 bits per heavy atom. The number of aromatic nitrogens is 1. The molecule has 1 aliphatic rings. The molecule has 2 aromatic rings. The number of thiazole rings is 1. The van der Waals surface area contributed by atoms with Crippen LogP contribution < -0.4 is 10.2 Å². The molecule has 1 aromatic heterocycles. The number of nitrogens with zero attached hydrogens (tertiary/aromatic N) is 2. The van der Waals surface area contributed by atoms with Crippen molar-refractivity contribution in [1.82, 2.24) is 4.98 Å². The van der Waals surface area contributed by atoms with Crippen LogP contribution in [-0.2, 0) is 6.54 Å². The summed E-state index contributed by atoms with van der Waals surface area (Å²) in [5.74, 6) is 0.467. The number of piperidine rings is 1. The summed E-state index contributed by atoms with van der Waals surface area (Å²) in [7, 11) is 0. The van der Waals surface area contributed by atoms with Crippen LogP contribution in [0.4, 0.5) is 11.4 Å². The first-order valence-electron chi connectivity index (χ1n) is 7.86. The zero-order chi connectivity index (χ0) is 15.4. The zero-order valence-electron chi connectivity index (χ0n) is 13.0. The van der Waals surface area contributed by atoms with Crippen LogP contribution in [0.15, 0.2) is 29.6 Å². The average molecular weight is 317 g/mol. The normalized spacial score (nSPS) is 16.0. The lowest BCUT2D eigenvalue weighted by molar-refractivity contribution is 0.203. The fourth-order valence-corrected chi connectivity index (χ4v) is 3.54. The Balaban J connectivity index is 1.67. The van der Waals surface area contributed by atoms with Crippen molar-refractivity contribution >= 4 is 22.7 Å². The van der Waals surface area contributed by atoms with Crippen molar-refractivity contribution in [1.29, 1.82) is 0 Å². The number of benzene rings is 1. The Morgan fingerprint density at radius 1 is 1.32 bits per heavy atom. The first-order valence-corrected chi connectivity index (χ1v) is 8.74. The largest absolute Gasteiger partial charge is 0.396 e. The third-order valence-corrected chi connectivity index (χ3v) is 5.07. The van der Waals surface area contributed by atoms with Gasteiger partial charge in [-0.2, -0.15) is 0 Å². The molecule has 1 saturated heterocycles. The number of aliphatic hydroxyl groups is 1. The molecule has 0 aliphatic carbocycles. The molecule has 5 heteroatoms. The van der Waals surface area contributed by atoms with Crippen LogP contribution in [-0.4, -0.2) is 29.8 Å². The number of aliphatic hydroxyl groups excluding tert-OH is 1. The Morgan fingerprint density at radius 3 is 2.77 bits per heavy atom. The van der Waals surface area contributed by atoms with Gasteiger partial charge in [0.15, 0.2) is 0 Å². The lowest BCUT2D eigenvalue weighted by Crippen LogP contribution is -2.35. The molecule has 4 nitrogen and oxygen atoms in total. The highest BCUT2D eigenvalue weighted by Crippen LogP contribution is 2.30. The predicted octanol–water partition coefficient (Wildman–Crippen LogP) is 3.27. The Hall–Kier alpha value is -1.59. The van der Waals surface area contributed by atoms with Crippen molar-refractivity contribution in [3.05, 3.63) is 40.3 Å². The van der Waals surface area contributed by atoms with Crippen LogP contribution in [0.5, 0.6) is 0 Å². The van der Waals surface area contributed by atoms with Gasteiger partial charge in [0, 0.05) is 25.1 Å². The van der Waals surface area contributed by atoms with Gasteiger partial charge in [-0.25, -0.2) is 4.98 Å². The predicted molar refractivity (Wildman–Crippen MR) is 92.6 cm³/mol. The molecular formula is C17H23N3OS. The van der Waals surface area contributed by atoms with E-state index in [1.165, 1.54) is 5.69 Å². The standard InChI is InChI=1S/C17H23N3OS/c1-13-19-15(12-22-13)10-18-16-4-2-3-5-17(16)20-8-6-14(11-21)7-9-20/h2-5,12,14,18,21H,6-11H2,1H3. The maximum Gasteiger partial charge on any atom is 0.0898 e. The highest BCUT2D eigenvalue weighted by Gasteiger charge is 2.20. The van der Waals surface area contributed by atoms with Gasteiger partial charge in [0.1, 0.15) is 0 Å². The van der Waals surface area contributed by atoms with Crippen LogP contribution in [0.2, 0.25) is 0 Å². The molecule has 0 unspecified atom stereocenters. The highest BCUT2D eigenvalue weighted by molar-refractivity contribution is 7.09. The minimum atomic E-state index is 0.316. The number of hydrogen-bond donors (Lipinski definition) is 2. The van der Waals surface area contributed by atoms with Gasteiger partial charge in [0.05, 0.1) is 28.6 Å².